The summed E-state index contributed by atoms with van der Waals surface area (Å²) in [5, 5.41) is 10.2. The first-order chi connectivity index (χ1) is 7.74. The van der Waals surface area contributed by atoms with Crippen LogP contribution in [-0.4, -0.2) is 21.7 Å². The molecule has 86 valence electrons. The van der Waals surface area contributed by atoms with E-state index in [1.807, 2.05) is 26.0 Å². The summed E-state index contributed by atoms with van der Waals surface area (Å²) >= 11 is 0. The van der Waals surface area contributed by atoms with Gasteiger partial charge in [0, 0.05) is 13.0 Å². The first kappa shape index (κ1) is 10.9. The molecule has 5 nitrogen and oxygen atoms in total. The maximum atomic E-state index is 5.44. The van der Waals surface area contributed by atoms with Gasteiger partial charge in [0.15, 0.2) is 5.82 Å². The van der Waals surface area contributed by atoms with Crippen molar-refractivity contribution in [2.45, 2.75) is 26.8 Å². The fraction of sp³-hybridized carbons (Fsp3) is 0.455. The normalized spacial score (nSPS) is 10.9. The summed E-state index contributed by atoms with van der Waals surface area (Å²) in [6.07, 6.45) is 0.823. The molecule has 2 aromatic heterocycles. The smallest absolute Gasteiger partial charge is 0.151 e. The Morgan fingerprint density at radius 1 is 1.38 bits per heavy atom. The highest BCUT2D eigenvalue weighted by molar-refractivity contribution is 5.05. The number of nitrogens with one attached hydrogen (secondary N) is 2. The van der Waals surface area contributed by atoms with Gasteiger partial charge >= 0.3 is 0 Å². The van der Waals surface area contributed by atoms with Crippen molar-refractivity contribution in [3.8, 4) is 0 Å². The molecule has 0 aliphatic heterocycles. The lowest BCUT2D eigenvalue weighted by Crippen LogP contribution is -2.16. The molecule has 0 bridgehead atoms. The van der Waals surface area contributed by atoms with Gasteiger partial charge < -0.3 is 9.73 Å². The Bertz CT molecular complexity index is 404. The van der Waals surface area contributed by atoms with Crippen LogP contribution in [0.2, 0.25) is 0 Å². The van der Waals surface area contributed by atoms with E-state index in [1.54, 1.807) is 0 Å². The third-order valence-corrected chi connectivity index (χ3v) is 2.26. The van der Waals surface area contributed by atoms with Crippen molar-refractivity contribution in [1.82, 2.24) is 20.5 Å². The average molecular weight is 220 g/mol. The lowest BCUT2D eigenvalue weighted by atomic mass is 10.4. The van der Waals surface area contributed by atoms with Crippen molar-refractivity contribution >= 4 is 0 Å². The number of nitrogens with zero attached hydrogens (tertiary/aromatic N) is 2. The molecule has 2 rings (SSSR count). The standard InChI is InChI=1S/C11H16N4O/c1-8-3-4-10(16-8)7-12-6-5-11-13-9(2)14-15-11/h3-4,12H,5-7H2,1-2H3,(H,13,14,15). The Labute approximate surface area is 94.3 Å². The van der Waals surface area contributed by atoms with E-state index < -0.39 is 0 Å². The summed E-state index contributed by atoms with van der Waals surface area (Å²) in [7, 11) is 0. The predicted octanol–water partition coefficient (Wildman–Crippen LogP) is 1.35. The van der Waals surface area contributed by atoms with Crippen molar-refractivity contribution < 1.29 is 4.42 Å². The quantitative estimate of drug-likeness (QED) is 0.746. The van der Waals surface area contributed by atoms with Crippen LogP contribution < -0.4 is 5.32 Å². The van der Waals surface area contributed by atoms with Gasteiger partial charge in [-0.15, -0.1) is 0 Å². The summed E-state index contributed by atoms with van der Waals surface area (Å²) in [6, 6.07) is 3.95. The summed E-state index contributed by atoms with van der Waals surface area (Å²) in [6.45, 7) is 5.43. The zero-order valence-electron chi connectivity index (χ0n) is 9.58. The monoisotopic (exact) mass is 220 g/mol. The molecule has 16 heavy (non-hydrogen) atoms. The molecular formula is C11H16N4O. The molecule has 0 saturated carbocycles. The topological polar surface area (TPSA) is 66.7 Å². The number of aromatic nitrogens is 3. The number of rotatable bonds is 5. The Balaban J connectivity index is 1.69. The number of hydrogen-bond acceptors (Lipinski definition) is 4. The SMILES string of the molecule is Cc1nc(CCNCc2ccc(C)o2)n[nH]1. The second-order valence-electron chi connectivity index (χ2n) is 3.78. The molecule has 5 heteroatoms. The van der Waals surface area contributed by atoms with Crippen LogP contribution in [-0.2, 0) is 13.0 Å². The number of furan rings is 1. The second-order valence-corrected chi connectivity index (χ2v) is 3.78. The molecule has 2 aromatic rings. The Kier molecular flexibility index (Phi) is 3.36. The van der Waals surface area contributed by atoms with Crippen LogP contribution >= 0.6 is 0 Å². The van der Waals surface area contributed by atoms with Gasteiger partial charge in [0.2, 0.25) is 0 Å². The fourth-order valence-corrected chi connectivity index (χ4v) is 1.49. The highest BCUT2D eigenvalue weighted by Crippen LogP contribution is 2.05. The third-order valence-electron chi connectivity index (χ3n) is 2.26. The molecule has 0 aliphatic carbocycles. The van der Waals surface area contributed by atoms with E-state index in [-0.39, 0.29) is 0 Å². The first-order valence-electron chi connectivity index (χ1n) is 5.38. The van der Waals surface area contributed by atoms with E-state index in [2.05, 4.69) is 20.5 Å². The van der Waals surface area contributed by atoms with Crippen LogP contribution in [0.15, 0.2) is 16.5 Å². The zero-order chi connectivity index (χ0) is 11.4. The molecule has 0 aliphatic rings. The van der Waals surface area contributed by atoms with Gasteiger partial charge in [0.25, 0.3) is 0 Å². The van der Waals surface area contributed by atoms with Crippen LogP contribution in [0, 0.1) is 13.8 Å². The minimum atomic E-state index is 0.747. The number of aryl methyl sites for hydroxylation is 2. The van der Waals surface area contributed by atoms with Gasteiger partial charge in [0.05, 0.1) is 6.54 Å². The Hall–Kier alpha value is -1.62. The van der Waals surface area contributed by atoms with E-state index in [4.69, 9.17) is 4.42 Å². The van der Waals surface area contributed by atoms with Crippen molar-refractivity contribution in [2.24, 2.45) is 0 Å². The second kappa shape index (κ2) is 4.94. The maximum Gasteiger partial charge on any atom is 0.151 e. The molecule has 0 fully saturated rings. The van der Waals surface area contributed by atoms with Crippen LogP contribution in [0.3, 0.4) is 0 Å². The Morgan fingerprint density at radius 3 is 2.88 bits per heavy atom. The van der Waals surface area contributed by atoms with E-state index in [0.29, 0.717) is 0 Å². The molecule has 2 heterocycles. The van der Waals surface area contributed by atoms with Gasteiger partial charge in [-0.2, -0.15) is 5.10 Å². The van der Waals surface area contributed by atoms with Crippen molar-refractivity contribution in [2.75, 3.05) is 6.54 Å². The van der Waals surface area contributed by atoms with Crippen molar-refractivity contribution in [3.63, 3.8) is 0 Å². The van der Waals surface area contributed by atoms with Crippen LogP contribution in [0.5, 0.6) is 0 Å². The Morgan fingerprint density at radius 2 is 2.25 bits per heavy atom. The third kappa shape index (κ3) is 2.93. The van der Waals surface area contributed by atoms with E-state index in [1.165, 1.54) is 0 Å². The van der Waals surface area contributed by atoms with Gasteiger partial charge in [0.1, 0.15) is 17.3 Å². The number of aromatic amines is 1. The summed E-state index contributed by atoms with van der Waals surface area (Å²) < 4.78 is 5.44. The summed E-state index contributed by atoms with van der Waals surface area (Å²) in [4.78, 5) is 4.23. The minimum Gasteiger partial charge on any atom is -0.465 e. The van der Waals surface area contributed by atoms with Gasteiger partial charge in [-0.1, -0.05) is 0 Å². The molecule has 0 radical (unpaired) electrons. The molecular weight excluding hydrogens is 204 g/mol. The first-order valence-corrected chi connectivity index (χ1v) is 5.38. The zero-order valence-corrected chi connectivity index (χ0v) is 9.58. The van der Waals surface area contributed by atoms with Gasteiger partial charge in [-0.05, 0) is 26.0 Å². The van der Waals surface area contributed by atoms with E-state index in [0.717, 1.165) is 42.7 Å². The lowest BCUT2D eigenvalue weighted by Gasteiger charge is -1.99. The number of H-pyrrole nitrogens is 1. The van der Waals surface area contributed by atoms with Gasteiger partial charge in [-0.3, -0.25) is 5.10 Å². The van der Waals surface area contributed by atoms with Crippen LogP contribution in [0.1, 0.15) is 23.2 Å². The van der Waals surface area contributed by atoms with Crippen molar-refractivity contribution in [1.29, 1.82) is 0 Å². The molecule has 0 aromatic carbocycles. The largest absolute Gasteiger partial charge is 0.465 e. The predicted molar refractivity (Wildman–Crippen MR) is 60.0 cm³/mol. The molecule has 0 spiro atoms. The fourth-order valence-electron chi connectivity index (χ4n) is 1.49. The molecule has 0 unspecified atom stereocenters. The average Bonchev–Trinajstić information content (AvgIpc) is 2.83. The van der Waals surface area contributed by atoms with E-state index in [9.17, 15) is 0 Å². The highest BCUT2D eigenvalue weighted by Gasteiger charge is 2.00. The van der Waals surface area contributed by atoms with Crippen molar-refractivity contribution in [3.05, 3.63) is 35.3 Å². The molecule has 0 saturated heterocycles. The van der Waals surface area contributed by atoms with Gasteiger partial charge in [-0.25, -0.2) is 4.98 Å². The number of hydrogen-bond donors (Lipinski definition) is 2. The van der Waals surface area contributed by atoms with E-state index >= 15 is 0 Å². The summed E-state index contributed by atoms with van der Waals surface area (Å²) in [5.74, 6) is 3.61. The lowest BCUT2D eigenvalue weighted by molar-refractivity contribution is 0.462. The van der Waals surface area contributed by atoms with Crippen LogP contribution in [0.25, 0.3) is 0 Å². The maximum absolute atomic E-state index is 5.44. The molecule has 0 amide bonds. The minimum absolute atomic E-state index is 0.747. The summed E-state index contributed by atoms with van der Waals surface area (Å²) in [5.41, 5.74) is 0. The van der Waals surface area contributed by atoms with Crippen LogP contribution in [0.4, 0.5) is 0 Å². The molecule has 0 atom stereocenters. The molecule has 2 N–H and O–H groups in total. The highest BCUT2D eigenvalue weighted by atomic mass is 16.3.